The number of amides is 1. The Labute approximate surface area is 137 Å². The van der Waals surface area contributed by atoms with E-state index in [-0.39, 0.29) is 17.1 Å². The zero-order valence-electron chi connectivity index (χ0n) is 11.6. The lowest BCUT2D eigenvalue weighted by atomic mass is 10.1. The van der Waals surface area contributed by atoms with Gasteiger partial charge in [0, 0.05) is 23.8 Å². The largest absolute Gasteiger partial charge is 0.450 e. The van der Waals surface area contributed by atoms with Crippen LogP contribution in [0.1, 0.15) is 15.9 Å². The van der Waals surface area contributed by atoms with Gasteiger partial charge in [-0.25, -0.2) is 0 Å². The summed E-state index contributed by atoms with van der Waals surface area (Å²) in [5.74, 6) is -1.37. The van der Waals surface area contributed by atoms with E-state index in [0.29, 0.717) is 6.07 Å². The van der Waals surface area contributed by atoms with Gasteiger partial charge >= 0.3 is 11.9 Å². The second-order valence-electron chi connectivity index (χ2n) is 4.55. The Bertz CT molecular complexity index is 824. The smallest absolute Gasteiger partial charge is 0.417 e. The molecule has 0 bridgehead atoms. The van der Waals surface area contributed by atoms with Crippen molar-refractivity contribution < 1.29 is 27.6 Å². The fourth-order valence-electron chi connectivity index (χ4n) is 1.82. The summed E-state index contributed by atoms with van der Waals surface area (Å²) >= 11 is 5.56. The Morgan fingerprint density at radius 2 is 1.88 bits per heavy atom. The number of rotatable bonds is 4. The summed E-state index contributed by atoms with van der Waals surface area (Å²) in [4.78, 5) is 21.4. The van der Waals surface area contributed by atoms with Gasteiger partial charge in [-0.3, -0.25) is 14.9 Å². The second-order valence-corrected chi connectivity index (χ2v) is 4.95. The van der Waals surface area contributed by atoms with E-state index in [2.05, 4.69) is 0 Å². The lowest BCUT2D eigenvalue weighted by molar-refractivity contribution is -0.385. The number of nitro benzene ring substituents is 1. The van der Waals surface area contributed by atoms with Gasteiger partial charge in [-0.2, -0.15) is 13.2 Å². The van der Waals surface area contributed by atoms with Crippen molar-refractivity contribution in [3.05, 3.63) is 62.7 Å². The van der Waals surface area contributed by atoms with Crippen molar-refractivity contribution in [2.45, 2.75) is 6.18 Å². The number of ether oxygens (including phenoxy) is 1. The molecular weight excluding hydrogens is 353 g/mol. The van der Waals surface area contributed by atoms with Crippen molar-refractivity contribution >= 4 is 23.2 Å². The number of hydrogen-bond acceptors (Lipinski definition) is 4. The molecular formula is C14H8ClF3N2O4. The molecule has 0 heterocycles. The van der Waals surface area contributed by atoms with Crippen LogP contribution in [0.2, 0.25) is 5.02 Å². The van der Waals surface area contributed by atoms with Crippen LogP contribution in [0, 0.1) is 10.1 Å². The predicted molar refractivity (Wildman–Crippen MR) is 78.1 cm³/mol. The third-order valence-corrected chi connectivity index (χ3v) is 3.23. The first-order chi connectivity index (χ1) is 11.1. The van der Waals surface area contributed by atoms with Crippen molar-refractivity contribution in [1.82, 2.24) is 0 Å². The van der Waals surface area contributed by atoms with Crippen molar-refractivity contribution in [1.29, 1.82) is 0 Å². The normalized spacial score (nSPS) is 11.2. The third-order valence-electron chi connectivity index (χ3n) is 2.91. The monoisotopic (exact) mass is 360 g/mol. The summed E-state index contributed by atoms with van der Waals surface area (Å²) in [6.45, 7) is 0. The zero-order valence-corrected chi connectivity index (χ0v) is 12.4. The maximum atomic E-state index is 12.7. The Hall–Kier alpha value is -2.81. The van der Waals surface area contributed by atoms with Crippen LogP contribution >= 0.6 is 11.6 Å². The first-order valence-corrected chi connectivity index (χ1v) is 6.60. The minimum atomic E-state index is -4.65. The standard InChI is InChI=1S/C14H8ClF3N2O4/c15-10-6-8(2-3-9(10)14(16,17)18)24-12-5-7(13(19)21)1-4-11(12)20(22)23/h1-6H,(H2,19,21). The number of nitrogens with two attached hydrogens (primary N) is 1. The van der Waals surface area contributed by atoms with Crippen LogP contribution in [0.25, 0.3) is 0 Å². The summed E-state index contributed by atoms with van der Waals surface area (Å²) < 4.78 is 43.2. The molecule has 0 aliphatic rings. The van der Waals surface area contributed by atoms with Crippen LogP contribution in [0.15, 0.2) is 36.4 Å². The van der Waals surface area contributed by atoms with E-state index in [1.165, 1.54) is 0 Å². The van der Waals surface area contributed by atoms with Gasteiger partial charge in [-0.15, -0.1) is 0 Å². The first kappa shape index (κ1) is 17.5. The minimum absolute atomic E-state index is 0.0615. The van der Waals surface area contributed by atoms with Gasteiger partial charge in [0.1, 0.15) is 5.75 Å². The highest BCUT2D eigenvalue weighted by atomic mass is 35.5. The highest BCUT2D eigenvalue weighted by Gasteiger charge is 2.33. The molecule has 0 aliphatic heterocycles. The molecule has 6 nitrogen and oxygen atoms in total. The highest BCUT2D eigenvalue weighted by Crippen LogP contribution is 2.38. The molecule has 2 rings (SSSR count). The van der Waals surface area contributed by atoms with Gasteiger partial charge in [0.05, 0.1) is 15.5 Å². The molecule has 0 aromatic heterocycles. The molecule has 0 spiro atoms. The molecule has 24 heavy (non-hydrogen) atoms. The lowest BCUT2D eigenvalue weighted by Crippen LogP contribution is -2.11. The predicted octanol–water partition coefficient (Wildman–Crippen LogP) is 4.16. The number of nitro groups is 1. The van der Waals surface area contributed by atoms with Crippen LogP contribution in [-0.2, 0) is 6.18 Å². The number of halogens is 4. The van der Waals surface area contributed by atoms with E-state index in [1.807, 2.05) is 0 Å². The number of benzene rings is 2. The molecule has 2 aromatic rings. The van der Waals surface area contributed by atoms with Gasteiger partial charge in [0.25, 0.3) is 0 Å². The molecule has 0 aliphatic carbocycles. The average molecular weight is 361 g/mol. The fraction of sp³-hybridized carbons (Fsp3) is 0.0714. The molecule has 2 N–H and O–H groups in total. The molecule has 0 atom stereocenters. The molecule has 126 valence electrons. The number of nitrogens with zero attached hydrogens (tertiary/aromatic N) is 1. The lowest BCUT2D eigenvalue weighted by Gasteiger charge is -2.11. The Morgan fingerprint density at radius 1 is 1.21 bits per heavy atom. The maximum Gasteiger partial charge on any atom is 0.417 e. The summed E-state index contributed by atoms with van der Waals surface area (Å²) in [5, 5.41) is 10.3. The fourth-order valence-corrected chi connectivity index (χ4v) is 2.09. The number of carbonyl (C=O) groups excluding carboxylic acids is 1. The van der Waals surface area contributed by atoms with Crippen LogP contribution in [0.3, 0.4) is 0 Å². The van der Waals surface area contributed by atoms with Gasteiger partial charge in [0.15, 0.2) is 0 Å². The molecule has 0 radical (unpaired) electrons. The zero-order chi connectivity index (χ0) is 18.1. The summed E-state index contributed by atoms with van der Waals surface area (Å²) in [7, 11) is 0. The number of carbonyl (C=O) groups is 1. The van der Waals surface area contributed by atoms with E-state index in [1.54, 1.807) is 0 Å². The molecule has 0 unspecified atom stereocenters. The summed E-state index contributed by atoms with van der Waals surface area (Å²) in [6.07, 6.45) is -4.65. The molecule has 0 saturated heterocycles. The van der Waals surface area contributed by atoms with Crippen molar-refractivity contribution in [2.75, 3.05) is 0 Å². The van der Waals surface area contributed by atoms with E-state index >= 15 is 0 Å². The SMILES string of the molecule is NC(=O)c1ccc([N+](=O)[O-])c(Oc2ccc(C(F)(F)F)c(Cl)c2)c1. The quantitative estimate of drug-likeness (QED) is 0.654. The van der Waals surface area contributed by atoms with E-state index in [9.17, 15) is 28.1 Å². The Kier molecular flexibility index (Phi) is 4.65. The second kappa shape index (κ2) is 6.36. The Balaban J connectivity index is 2.43. The summed E-state index contributed by atoms with van der Waals surface area (Å²) in [5.41, 5.74) is 3.46. The molecule has 0 fully saturated rings. The minimum Gasteiger partial charge on any atom is -0.450 e. The van der Waals surface area contributed by atoms with Gasteiger partial charge in [0.2, 0.25) is 11.7 Å². The van der Waals surface area contributed by atoms with Gasteiger partial charge < -0.3 is 10.5 Å². The molecule has 10 heteroatoms. The van der Waals surface area contributed by atoms with Crippen molar-refractivity contribution in [3.63, 3.8) is 0 Å². The number of primary amides is 1. The first-order valence-electron chi connectivity index (χ1n) is 6.22. The average Bonchev–Trinajstić information content (AvgIpc) is 2.45. The van der Waals surface area contributed by atoms with Crippen molar-refractivity contribution in [3.8, 4) is 11.5 Å². The van der Waals surface area contributed by atoms with E-state index in [4.69, 9.17) is 22.1 Å². The van der Waals surface area contributed by atoms with Crippen LogP contribution in [0.5, 0.6) is 11.5 Å². The van der Waals surface area contributed by atoms with E-state index < -0.39 is 33.3 Å². The highest BCUT2D eigenvalue weighted by molar-refractivity contribution is 6.31. The van der Waals surface area contributed by atoms with Gasteiger partial charge in [-0.1, -0.05) is 11.6 Å². The maximum absolute atomic E-state index is 12.7. The topological polar surface area (TPSA) is 95.5 Å². The molecule has 1 amide bonds. The van der Waals surface area contributed by atoms with Crippen LogP contribution < -0.4 is 10.5 Å². The molecule has 2 aromatic carbocycles. The van der Waals surface area contributed by atoms with Crippen molar-refractivity contribution in [2.24, 2.45) is 5.73 Å². The number of hydrogen-bond donors (Lipinski definition) is 1. The summed E-state index contributed by atoms with van der Waals surface area (Å²) in [6, 6.07) is 5.65. The molecule has 0 saturated carbocycles. The van der Waals surface area contributed by atoms with Crippen LogP contribution in [-0.4, -0.2) is 10.8 Å². The van der Waals surface area contributed by atoms with Gasteiger partial charge in [-0.05, 0) is 18.2 Å². The van der Waals surface area contributed by atoms with Crippen LogP contribution in [0.4, 0.5) is 18.9 Å². The van der Waals surface area contributed by atoms with E-state index in [0.717, 1.165) is 30.3 Å². The third kappa shape index (κ3) is 3.74. The Morgan fingerprint density at radius 3 is 2.38 bits per heavy atom. The number of alkyl halides is 3.